The van der Waals surface area contributed by atoms with E-state index >= 15 is 0 Å². The van der Waals surface area contributed by atoms with Crippen molar-refractivity contribution in [2.24, 2.45) is 5.92 Å². The molecule has 1 saturated heterocycles. The lowest BCUT2D eigenvalue weighted by atomic mass is 9.80. The average molecular weight is 636 g/mol. The number of rotatable bonds is 7. The smallest absolute Gasteiger partial charge is 0.478 e. The van der Waals surface area contributed by atoms with Crippen molar-refractivity contribution in [3.63, 3.8) is 0 Å². The normalized spacial score (nSPS) is 21.2. The Morgan fingerprint density at radius 2 is 1.44 bits per heavy atom. The van der Waals surface area contributed by atoms with Crippen molar-refractivity contribution in [2.75, 3.05) is 23.3 Å². The van der Waals surface area contributed by atoms with Gasteiger partial charge in [-0.2, -0.15) is 17.5 Å². The molecule has 2 unspecified atom stereocenters. The zero-order valence-corrected chi connectivity index (χ0v) is 24.3. The van der Waals surface area contributed by atoms with Crippen LogP contribution in [0.25, 0.3) is 0 Å². The SMILES string of the molecule is O=C(O)c1ccc(C(O)(c2ccc(Cl)cc2)c2ccc3c(c2)N(C2CCN(S(=O)(=O)C(F)(F)F)CC2)C(C2CC2)N3)cc1. The summed E-state index contributed by atoms with van der Waals surface area (Å²) < 4.78 is 64.2. The predicted molar refractivity (Wildman–Crippen MR) is 156 cm³/mol. The number of hydrogen-bond acceptors (Lipinski definition) is 6. The molecule has 228 valence electrons. The van der Waals surface area contributed by atoms with Crippen molar-refractivity contribution in [3.05, 3.63) is 94.0 Å². The fourth-order valence-electron chi connectivity index (χ4n) is 6.20. The number of carboxylic acids is 1. The van der Waals surface area contributed by atoms with E-state index in [0.29, 0.717) is 31.9 Å². The van der Waals surface area contributed by atoms with Gasteiger partial charge in [0.25, 0.3) is 0 Å². The number of sulfonamides is 1. The largest absolute Gasteiger partial charge is 0.511 e. The van der Waals surface area contributed by atoms with Gasteiger partial charge in [-0.3, -0.25) is 0 Å². The molecular formula is C30H29ClF3N3O5S. The van der Waals surface area contributed by atoms with Gasteiger partial charge in [0, 0.05) is 24.2 Å². The van der Waals surface area contributed by atoms with Gasteiger partial charge in [0.05, 0.1) is 16.9 Å². The van der Waals surface area contributed by atoms with Gasteiger partial charge in [0.1, 0.15) is 11.8 Å². The third-order valence-electron chi connectivity index (χ3n) is 8.63. The number of anilines is 2. The molecule has 3 aromatic rings. The Morgan fingerprint density at radius 1 is 0.884 bits per heavy atom. The van der Waals surface area contributed by atoms with Crippen LogP contribution in [0.5, 0.6) is 0 Å². The Kier molecular flexibility index (Phi) is 7.39. The highest BCUT2D eigenvalue weighted by Gasteiger charge is 2.52. The summed E-state index contributed by atoms with van der Waals surface area (Å²) in [6.07, 6.45) is 2.28. The van der Waals surface area contributed by atoms with E-state index in [-0.39, 0.29) is 43.7 Å². The minimum atomic E-state index is -5.40. The molecule has 13 heteroatoms. The van der Waals surface area contributed by atoms with Gasteiger partial charge in [-0.05, 0) is 84.7 Å². The minimum absolute atomic E-state index is 0.0673. The molecule has 0 bridgehead atoms. The van der Waals surface area contributed by atoms with Crippen LogP contribution in [0.4, 0.5) is 24.5 Å². The molecule has 1 aliphatic carbocycles. The molecular weight excluding hydrogens is 607 g/mol. The summed E-state index contributed by atoms with van der Waals surface area (Å²) in [5, 5.41) is 25.9. The molecule has 8 nitrogen and oxygen atoms in total. The molecule has 0 aromatic heterocycles. The van der Waals surface area contributed by atoms with Crippen LogP contribution in [-0.4, -0.2) is 59.7 Å². The van der Waals surface area contributed by atoms with Gasteiger partial charge in [-0.15, -0.1) is 0 Å². The van der Waals surface area contributed by atoms with Crippen LogP contribution in [0.2, 0.25) is 5.02 Å². The lowest BCUT2D eigenvalue weighted by molar-refractivity contribution is -0.0494. The second-order valence-electron chi connectivity index (χ2n) is 11.2. The Morgan fingerprint density at radius 3 is 1.98 bits per heavy atom. The number of piperidine rings is 1. The van der Waals surface area contributed by atoms with Crippen molar-refractivity contribution < 1.29 is 36.6 Å². The highest BCUT2D eigenvalue weighted by atomic mass is 35.5. The Hall–Kier alpha value is -3.32. The number of hydrogen-bond donors (Lipinski definition) is 3. The molecule has 2 heterocycles. The maximum Gasteiger partial charge on any atom is 0.511 e. The molecule has 0 radical (unpaired) electrons. The second kappa shape index (κ2) is 10.7. The zero-order chi connectivity index (χ0) is 30.7. The third-order valence-corrected chi connectivity index (χ3v) is 10.5. The molecule has 0 amide bonds. The third kappa shape index (κ3) is 5.24. The number of benzene rings is 3. The summed E-state index contributed by atoms with van der Waals surface area (Å²) in [6, 6.07) is 17.9. The molecule has 1 saturated carbocycles. The number of nitrogens with zero attached hydrogens (tertiary/aromatic N) is 2. The summed E-state index contributed by atoms with van der Waals surface area (Å²) in [7, 11) is -5.40. The summed E-state index contributed by atoms with van der Waals surface area (Å²) in [5.41, 5.74) is -3.98. The van der Waals surface area contributed by atoms with E-state index in [0.717, 1.165) is 24.2 Å². The predicted octanol–water partition coefficient (Wildman–Crippen LogP) is 5.60. The fraction of sp³-hybridized carbons (Fsp3) is 0.367. The van der Waals surface area contributed by atoms with Gasteiger partial charge >= 0.3 is 21.5 Å². The van der Waals surface area contributed by atoms with Gasteiger partial charge in [-0.1, -0.05) is 41.9 Å². The maximum absolute atomic E-state index is 13.2. The second-order valence-corrected chi connectivity index (χ2v) is 13.6. The maximum atomic E-state index is 13.2. The summed E-state index contributed by atoms with van der Waals surface area (Å²) in [6.45, 7) is -0.500. The molecule has 6 rings (SSSR count). The van der Waals surface area contributed by atoms with Gasteiger partial charge in [0.15, 0.2) is 0 Å². The summed E-state index contributed by atoms with van der Waals surface area (Å²) in [5.74, 6) is -0.771. The van der Waals surface area contributed by atoms with Crippen molar-refractivity contribution in [1.29, 1.82) is 0 Å². The molecule has 0 spiro atoms. The van der Waals surface area contributed by atoms with Crippen LogP contribution in [-0.2, 0) is 15.6 Å². The lowest BCUT2D eigenvalue weighted by Crippen LogP contribution is -2.52. The van der Waals surface area contributed by atoms with E-state index in [1.807, 2.05) is 12.1 Å². The minimum Gasteiger partial charge on any atom is -0.478 e. The first-order valence-electron chi connectivity index (χ1n) is 13.9. The topological polar surface area (TPSA) is 110 Å². The number of alkyl halides is 3. The lowest BCUT2D eigenvalue weighted by Gasteiger charge is -2.40. The van der Waals surface area contributed by atoms with Crippen LogP contribution >= 0.6 is 11.6 Å². The number of aromatic carboxylic acids is 1. The van der Waals surface area contributed by atoms with Crippen molar-refractivity contribution in [3.8, 4) is 0 Å². The van der Waals surface area contributed by atoms with Gasteiger partial charge in [0.2, 0.25) is 0 Å². The first-order valence-corrected chi connectivity index (χ1v) is 15.7. The Balaban J connectivity index is 1.39. The molecule has 2 atom stereocenters. The van der Waals surface area contributed by atoms with Gasteiger partial charge in [-0.25, -0.2) is 13.2 Å². The first-order chi connectivity index (χ1) is 20.3. The number of carbonyl (C=O) groups is 1. The van der Waals surface area contributed by atoms with Crippen molar-refractivity contribution >= 4 is 39.0 Å². The van der Waals surface area contributed by atoms with E-state index in [1.54, 1.807) is 42.5 Å². The van der Waals surface area contributed by atoms with Gasteiger partial charge < -0.3 is 20.4 Å². The van der Waals surface area contributed by atoms with Crippen LogP contribution in [0, 0.1) is 5.92 Å². The van der Waals surface area contributed by atoms with Crippen LogP contribution in [0.15, 0.2) is 66.7 Å². The standard InChI is InChI=1S/C30H29ClF3N3O5S/c31-23-10-7-21(8-11-23)29(40,20-5-3-19(4-6-20)28(38)39)22-9-12-25-26(17-22)37(27(35-25)18-1-2-18)24-13-15-36(16-14-24)43(41,42)30(32,33)34/h3-12,17-18,24,27,35,40H,1-2,13-16H2,(H,38,39). The monoisotopic (exact) mass is 635 g/mol. The van der Waals surface area contributed by atoms with E-state index in [4.69, 9.17) is 11.6 Å². The number of halogens is 4. The number of carboxylic acid groups (broad SMARTS) is 1. The van der Waals surface area contributed by atoms with E-state index in [1.165, 1.54) is 12.1 Å². The van der Waals surface area contributed by atoms with E-state index in [9.17, 15) is 36.6 Å². The van der Waals surface area contributed by atoms with Crippen LogP contribution in [0.1, 0.15) is 52.7 Å². The van der Waals surface area contributed by atoms with E-state index in [2.05, 4.69) is 10.2 Å². The van der Waals surface area contributed by atoms with Crippen molar-refractivity contribution in [1.82, 2.24) is 4.31 Å². The van der Waals surface area contributed by atoms with Crippen molar-refractivity contribution in [2.45, 2.75) is 49.0 Å². The van der Waals surface area contributed by atoms with E-state index < -0.39 is 27.1 Å². The first kappa shape index (κ1) is 29.7. The molecule has 2 aliphatic heterocycles. The molecule has 43 heavy (non-hydrogen) atoms. The fourth-order valence-corrected chi connectivity index (χ4v) is 7.31. The Labute approximate surface area is 251 Å². The molecule has 3 aliphatic rings. The average Bonchev–Trinajstić information content (AvgIpc) is 3.76. The summed E-state index contributed by atoms with van der Waals surface area (Å²) >= 11 is 6.14. The number of fused-ring (bicyclic) bond motifs is 1. The highest BCUT2D eigenvalue weighted by molar-refractivity contribution is 7.90. The van der Waals surface area contributed by atoms with Crippen LogP contribution < -0.4 is 10.2 Å². The highest BCUT2D eigenvalue weighted by Crippen LogP contribution is 2.49. The quantitative estimate of drug-likeness (QED) is 0.290. The van der Waals surface area contributed by atoms with Crippen LogP contribution in [0.3, 0.4) is 0 Å². The number of nitrogens with one attached hydrogen (secondary N) is 1. The Bertz CT molecular complexity index is 1640. The molecule has 2 fully saturated rings. The molecule has 3 aromatic carbocycles. The summed E-state index contributed by atoms with van der Waals surface area (Å²) in [4.78, 5) is 13.6. The molecule has 3 N–H and O–H groups in total. The number of aliphatic hydroxyl groups is 1. The zero-order valence-electron chi connectivity index (χ0n) is 22.8.